The number of aliphatic hydroxyl groups excluding tert-OH is 1. The third-order valence-corrected chi connectivity index (χ3v) is 4.01. The quantitative estimate of drug-likeness (QED) is 0.832. The second-order valence-electron chi connectivity index (χ2n) is 4.50. The van der Waals surface area contributed by atoms with Crippen molar-refractivity contribution in [3.05, 3.63) is 65.2 Å². The number of rotatable bonds is 4. The fourth-order valence-electron chi connectivity index (χ4n) is 1.93. The zero-order chi connectivity index (χ0) is 13.0. The van der Waals surface area contributed by atoms with Crippen LogP contribution in [0, 0.1) is 13.8 Å². The molecule has 0 amide bonds. The summed E-state index contributed by atoms with van der Waals surface area (Å²) in [6.45, 7) is 4.12. The maximum atomic E-state index is 10.2. The normalized spacial score (nSPS) is 12.4. The summed E-state index contributed by atoms with van der Waals surface area (Å²) in [4.78, 5) is 1.21. The molecule has 2 aromatic carbocycles. The minimum absolute atomic E-state index is 0.406. The van der Waals surface area contributed by atoms with Crippen molar-refractivity contribution in [1.29, 1.82) is 0 Å². The zero-order valence-corrected chi connectivity index (χ0v) is 11.6. The summed E-state index contributed by atoms with van der Waals surface area (Å²) in [7, 11) is 0. The number of hydrogen-bond acceptors (Lipinski definition) is 2. The van der Waals surface area contributed by atoms with E-state index in [0.717, 1.165) is 11.1 Å². The Kier molecular flexibility index (Phi) is 4.45. The van der Waals surface area contributed by atoms with E-state index in [-0.39, 0.29) is 0 Å². The Balaban J connectivity index is 2.00. The van der Waals surface area contributed by atoms with Crippen LogP contribution >= 0.6 is 11.8 Å². The molecule has 0 aliphatic carbocycles. The third-order valence-electron chi connectivity index (χ3n) is 2.94. The first-order chi connectivity index (χ1) is 8.66. The minimum Gasteiger partial charge on any atom is -0.388 e. The van der Waals surface area contributed by atoms with Crippen molar-refractivity contribution in [2.45, 2.75) is 24.8 Å². The zero-order valence-electron chi connectivity index (χ0n) is 10.8. The summed E-state index contributed by atoms with van der Waals surface area (Å²) in [6.07, 6.45) is -0.406. The van der Waals surface area contributed by atoms with E-state index in [2.05, 4.69) is 31.2 Å². The molecule has 2 aromatic rings. The summed E-state index contributed by atoms with van der Waals surface area (Å²) in [6, 6.07) is 16.4. The van der Waals surface area contributed by atoms with Crippen LogP contribution in [-0.4, -0.2) is 10.9 Å². The lowest BCUT2D eigenvalue weighted by molar-refractivity contribution is 0.203. The van der Waals surface area contributed by atoms with Crippen LogP contribution in [0.4, 0.5) is 0 Å². The van der Waals surface area contributed by atoms with Gasteiger partial charge in [-0.2, -0.15) is 0 Å². The highest BCUT2D eigenvalue weighted by Gasteiger charge is 2.10. The first-order valence-electron chi connectivity index (χ1n) is 6.10. The lowest BCUT2D eigenvalue weighted by Gasteiger charge is -2.13. The average molecular weight is 258 g/mol. The van der Waals surface area contributed by atoms with Crippen molar-refractivity contribution in [3.63, 3.8) is 0 Å². The molecule has 18 heavy (non-hydrogen) atoms. The van der Waals surface area contributed by atoms with Gasteiger partial charge in [-0.3, -0.25) is 0 Å². The Morgan fingerprint density at radius 1 is 1.06 bits per heavy atom. The van der Waals surface area contributed by atoms with Gasteiger partial charge in [-0.1, -0.05) is 42.0 Å². The van der Waals surface area contributed by atoms with Crippen molar-refractivity contribution >= 4 is 11.8 Å². The second-order valence-corrected chi connectivity index (χ2v) is 5.59. The lowest BCUT2D eigenvalue weighted by atomic mass is 10.1. The molecule has 1 nitrogen and oxygen atoms in total. The van der Waals surface area contributed by atoms with Gasteiger partial charge < -0.3 is 5.11 Å². The van der Waals surface area contributed by atoms with E-state index in [1.165, 1.54) is 10.5 Å². The van der Waals surface area contributed by atoms with Gasteiger partial charge in [0.1, 0.15) is 0 Å². The standard InChI is InChI=1S/C16H18OS/c1-12-6-5-8-14(10-12)18-11-16(17)15-9-4-3-7-13(15)2/h3-10,16-17H,11H2,1-2H3. The first-order valence-corrected chi connectivity index (χ1v) is 7.08. The van der Waals surface area contributed by atoms with Crippen LogP contribution in [0.25, 0.3) is 0 Å². The van der Waals surface area contributed by atoms with Crippen LogP contribution in [-0.2, 0) is 0 Å². The second kappa shape index (κ2) is 6.07. The van der Waals surface area contributed by atoms with Gasteiger partial charge in [0.25, 0.3) is 0 Å². The average Bonchev–Trinajstić information content (AvgIpc) is 2.37. The summed E-state index contributed by atoms with van der Waals surface area (Å²) in [5.41, 5.74) is 3.43. The van der Waals surface area contributed by atoms with Crippen LogP contribution < -0.4 is 0 Å². The van der Waals surface area contributed by atoms with E-state index in [1.54, 1.807) is 11.8 Å². The molecule has 0 bridgehead atoms. The molecule has 0 aliphatic rings. The van der Waals surface area contributed by atoms with Gasteiger partial charge in [0, 0.05) is 10.6 Å². The maximum Gasteiger partial charge on any atom is 0.0886 e. The Bertz CT molecular complexity index is 522. The van der Waals surface area contributed by atoms with Crippen LogP contribution in [0.5, 0.6) is 0 Å². The summed E-state index contributed by atoms with van der Waals surface area (Å²) in [5, 5.41) is 10.2. The van der Waals surface area contributed by atoms with E-state index in [9.17, 15) is 5.11 Å². The Morgan fingerprint density at radius 2 is 1.83 bits per heavy atom. The smallest absolute Gasteiger partial charge is 0.0886 e. The number of thioether (sulfide) groups is 1. The first kappa shape index (κ1) is 13.2. The molecular weight excluding hydrogens is 240 g/mol. The highest BCUT2D eigenvalue weighted by atomic mass is 32.2. The Morgan fingerprint density at radius 3 is 2.56 bits per heavy atom. The Hall–Kier alpha value is -1.25. The predicted molar refractivity (Wildman–Crippen MR) is 78.0 cm³/mol. The molecule has 0 heterocycles. The fraction of sp³-hybridized carbons (Fsp3) is 0.250. The van der Waals surface area contributed by atoms with Gasteiger partial charge >= 0.3 is 0 Å². The Labute approximate surface area is 113 Å². The van der Waals surface area contributed by atoms with Gasteiger partial charge in [-0.15, -0.1) is 11.8 Å². The van der Waals surface area contributed by atoms with E-state index >= 15 is 0 Å². The molecule has 0 aromatic heterocycles. The molecule has 0 spiro atoms. The van der Waals surface area contributed by atoms with Crippen LogP contribution in [0.3, 0.4) is 0 Å². The molecule has 0 saturated heterocycles. The predicted octanol–water partition coefficient (Wildman–Crippen LogP) is 4.13. The number of aryl methyl sites for hydroxylation is 2. The van der Waals surface area contributed by atoms with Crippen molar-refractivity contribution in [1.82, 2.24) is 0 Å². The van der Waals surface area contributed by atoms with E-state index in [1.807, 2.05) is 31.2 Å². The third kappa shape index (κ3) is 3.37. The topological polar surface area (TPSA) is 20.2 Å². The molecule has 1 unspecified atom stereocenters. The molecule has 0 radical (unpaired) electrons. The molecule has 0 fully saturated rings. The molecule has 0 saturated carbocycles. The molecule has 2 rings (SSSR count). The summed E-state index contributed by atoms with van der Waals surface area (Å²) < 4.78 is 0. The van der Waals surface area contributed by atoms with Crippen molar-refractivity contribution in [2.75, 3.05) is 5.75 Å². The van der Waals surface area contributed by atoms with Crippen LogP contribution in [0.1, 0.15) is 22.8 Å². The van der Waals surface area contributed by atoms with Gasteiger partial charge in [0.05, 0.1) is 6.10 Å². The minimum atomic E-state index is -0.406. The molecular formula is C16H18OS. The molecule has 2 heteroatoms. The number of aliphatic hydroxyl groups is 1. The number of hydrogen-bond donors (Lipinski definition) is 1. The van der Waals surface area contributed by atoms with Crippen molar-refractivity contribution < 1.29 is 5.11 Å². The van der Waals surface area contributed by atoms with E-state index in [4.69, 9.17) is 0 Å². The van der Waals surface area contributed by atoms with Gasteiger partial charge in [0.15, 0.2) is 0 Å². The van der Waals surface area contributed by atoms with Gasteiger partial charge in [0.2, 0.25) is 0 Å². The largest absolute Gasteiger partial charge is 0.388 e. The highest BCUT2D eigenvalue weighted by Crippen LogP contribution is 2.26. The van der Waals surface area contributed by atoms with Gasteiger partial charge in [-0.05, 0) is 37.1 Å². The molecule has 0 aliphatic heterocycles. The van der Waals surface area contributed by atoms with Gasteiger partial charge in [-0.25, -0.2) is 0 Å². The van der Waals surface area contributed by atoms with E-state index < -0.39 is 6.10 Å². The van der Waals surface area contributed by atoms with Crippen molar-refractivity contribution in [2.24, 2.45) is 0 Å². The summed E-state index contributed by atoms with van der Waals surface area (Å²) >= 11 is 1.70. The fourth-order valence-corrected chi connectivity index (χ4v) is 2.90. The number of benzene rings is 2. The van der Waals surface area contributed by atoms with Crippen molar-refractivity contribution in [3.8, 4) is 0 Å². The highest BCUT2D eigenvalue weighted by molar-refractivity contribution is 7.99. The molecule has 1 atom stereocenters. The van der Waals surface area contributed by atoms with E-state index in [0.29, 0.717) is 5.75 Å². The maximum absolute atomic E-state index is 10.2. The van der Waals surface area contributed by atoms with Crippen LogP contribution in [0.2, 0.25) is 0 Å². The molecule has 1 N–H and O–H groups in total. The monoisotopic (exact) mass is 258 g/mol. The molecule has 94 valence electrons. The SMILES string of the molecule is Cc1cccc(SCC(O)c2ccccc2C)c1. The summed E-state index contributed by atoms with van der Waals surface area (Å²) in [5.74, 6) is 0.689. The van der Waals surface area contributed by atoms with Crippen LogP contribution in [0.15, 0.2) is 53.4 Å². The lowest BCUT2D eigenvalue weighted by Crippen LogP contribution is -2.02.